The van der Waals surface area contributed by atoms with Crippen molar-refractivity contribution in [3.63, 3.8) is 0 Å². The monoisotopic (exact) mass is 365 g/mol. The molecule has 1 saturated heterocycles. The normalized spacial score (nSPS) is 17.8. The second-order valence-corrected chi connectivity index (χ2v) is 5.83. The largest absolute Gasteiger partial charge is 0.417 e. The molecule has 0 radical (unpaired) electrons. The zero-order chi connectivity index (χ0) is 15.6. The lowest BCUT2D eigenvalue weighted by molar-refractivity contribution is -0.138. The van der Waals surface area contributed by atoms with Crippen LogP contribution < -0.4 is 5.43 Å². The first-order valence-electron chi connectivity index (χ1n) is 6.38. The van der Waals surface area contributed by atoms with Crippen molar-refractivity contribution in [2.45, 2.75) is 6.18 Å². The third-order valence-corrected chi connectivity index (χ3v) is 3.79. The zero-order valence-corrected chi connectivity index (χ0v) is 13.0. The van der Waals surface area contributed by atoms with Crippen molar-refractivity contribution < 1.29 is 18.0 Å². The number of nitrogens with one attached hydrogen (secondary N) is 1. The fraction of sp³-hybridized carbons (Fsp3) is 0.462. The Morgan fingerprint density at radius 1 is 1.24 bits per heavy atom. The molecule has 1 aromatic rings. The smallest absolute Gasteiger partial charge is 0.304 e. The van der Waals surface area contributed by atoms with Gasteiger partial charge in [0.2, 0.25) is 0 Å². The van der Waals surface area contributed by atoms with Crippen molar-refractivity contribution in [2.75, 3.05) is 33.2 Å². The summed E-state index contributed by atoms with van der Waals surface area (Å²) < 4.78 is 39.3. The SMILES string of the molecule is CN1CCN(NC(=O)c2ccc(Br)cc2C(F)(F)F)CC1. The van der Waals surface area contributed by atoms with E-state index < -0.39 is 17.6 Å². The number of piperazine rings is 1. The molecule has 21 heavy (non-hydrogen) atoms. The lowest BCUT2D eigenvalue weighted by atomic mass is 10.1. The number of hydrazine groups is 1. The Kier molecular flexibility index (Phi) is 4.90. The minimum absolute atomic E-state index is 0.283. The Labute approximate surface area is 129 Å². The summed E-state index contributed by atoms with van der Waals surface area (Å²) in [6, 6.07) is 3.52. The van der Waals surface area contributed by atoms with E-state index in [0.29, 0.717) is 13.1 Å². The zero-order valence-electron chi connectivity index (χ0n) is 11.4. The molecule has 4 nitrogen and oxygen atoms in total. The number of hydrogen-bond donors (Lipinski definition) is 1. The number of benzene rings is 1. The second kappa shape index (κ2) is 6.33. The van der Waals surface area contributed by atoms with Gasteiger partial charge in [-0.1, -0.05) is 15.9 Å². The van der Waals surface area contributed by atoms with Gasteiger partial charge in [-0.3, -0.25) is 10.2 Å². The standard InChI is InChI=1S/C13H15BrF3N3O/c1-19-4-6-20(7-5-19)18-12(21)10-3-2-9(14)8-11(10)13(15,16)17/h2-3,8H,4-7H2,1H3,(H,18,21). The van der Waals surface area contributed by atoms with Crippen LogP contribution in [0.15, 0.2) is 22.7 Å². The molecule has 0 spiro atoms. The van der Waals surface area contributed by atoms with Crippen LogP contribution in [0.4, 0.5) is 13.2 Å². The Balaban J connectivity index is 2.16. The summed E-state index contributed by atoms with van der Waals surface area (Å²) >= 11 is 3.00. The molecule has 116 valence electrons. The Bertz CT molecular complexity index is 528. The van der Waals surface area contributed by atoms with E-state index in [1.807, 2.05) is 7.05 Å². The fourth-order valence-electron chi connectivity index (χ4n) is 2.07. The Morgan fingerprint density at radius 2 is 1.86 bits per heavy atom. The minimum atomic E-state index is -4.57. The molecule has 1 N–H and O–H groups in total. The summed E-state index contributed by atoms with van der Waals surface area (Å²) in [7, 11) is 1.95. The molecule has 0 saturated carbocycles. The lowest BCUT2D eigenvalue weighted by Crippen LogP contribution is -2.52. The van der Waals surface area contributed by atoms with E-state index >= 15 is 0 Å². The number of carbonyl (C=O) groups is 1. The summed E-state index contributed by atoms with van der Waals surface area (Å²) in [6.07, 6.45) is -4.57. The van der Waals surface area contributed by atoms with Gasteiger partial charge in [0.15, 0.2) is 0 Å². The van der Waals surface area contributed by atoms with Gasteiger partial charge in [-0.25, -0.2) is 5.01 Å². The molecule has 1 heterocycles. The lowest BCUT2D eigenvalue weighted by Gasteiger charge is -2.32. The van der Waals surface area contributed by atoms with Gasteiger partial charge in [-0.2, -0.15) is 13.2 Å². The van der Waals surface area contributed by atoms with E-state index in [1.165, 1.54) is 12.1 Å². The first-order valence-corrected chi connectivity index (χ1v) is 7.18. The molecule has 8 heteroatoms. The van der Waals surface area contributed by atoms with E-state index in [1.54, 1.807) is 5.01 Å². The molecule has 0 aromatic heterocycles. The van der Waals surface area contributed by atoms with Gasteiger partial charge in [-0.15, -0.1) is 0 Å². The summed E-state index contributed by atoms with van der Waals surface area (Å²) in [5, 5.41) is 1.64. The van der Waals surface area contributed by atoms with Crippen molar-refractivity contribution >= 4 is 21.8 Å². The molecule has 1 aromatic carbocycles. The van der Waals surface area contributed by atoms with Crippen LogP contribution in [0.25, 0.3) is 0 Å². The molecule has 0 unspecified atom stereocenters. The molecule has 0 atom stereocenters. The Hall–Kier alpha value is -1.12. The van der Waals surface area contributed by atoms with Crippen molar-refractivity contribution in [1.29, 1.82) is 0 Å². The number of carbonyl (C=O) groups excluding carboxylic acids is 1. The molecule has 1 fully saturated rings. The van der Waals surface area contributed by atoms with Crippen LogP contribution in [-0.4, -0.2) is 49.0 Å². The van der Waals surface area contributed by atoms with E-state index in [2.05, 4.69) is 26.3 Å². The van der Waals surface area contributed by atoms with Crippen molar-refractivity contribution in [2.24, 2.45) is 0 Å². The van der Waals surface area contributed by atoms with Gasteiger partial charge >= 0.3 is 6.18 Å². The van der Waals surface area contributed by atoms with Crippen LogP contribution in [0, 0.1) is 0 Å². The number of nitrogens with zero attached hydrogens (tertiary/aromatic N) is 2. The predicted molar refractivity (Wildman–Crippen MR) is 75.7 cm³/mol. The number of alkyl halides is 3. The highest BCUT2D eigenvalue weighted by Gasteiger charge is 2.35. The highest BCUT2D eigenvalue weighted by molar-refractivity contribution is 9.10. The molecule has 1 aliphatic rings. The molecule has 0 bridgehead atoms. The van der Waals surface area contributed by atoms with Crippen molar-refractivity contribution in [3.8, 4) is 0 Å². The first-order chi connectivity index (χ1) is 9.77. The van der Waals surface area contributed by atoms with E-state index in [0.717, 1.165) is 19.2 Å². The topological polar surface area (TPSA) is 35.6 Å². The van der Waals surface area contributed by atoms with Crippen molar-refractivity contribution in [3.05, 3.63) is 33.8 Å². The van der Waals surface area contributed by atoms with Crippen molar-refractivity contribution in [1.82, 2.24) is 15.3 Å². The number of hydrogen-bond acceptors (Lipinski definition) is 3. The van der Waals surface area contributed by atoms with Gasteiger partial charge in [0.1, 0.15) is 0 Å². The highest BCUT2D eigenvalue weighted by Crippen LogP contribution is 2.33. The van der Waals surface area contributed by atoms with Gasteiger partial charge < -0.3 is 4.90 Å². The molecular weight excluding hydrogens is 351 g/mol. The first kappa shape index (κ1) is 16.3. The third-order valence-electron chi connectivity index (χ3n) is 3.29. The van der Waals surface area contributed by atoms with Crippen LogP contribution >= 0.6 is 15.9 Å². The number of rotatable bonds is 2. The van der Waals surface area contributed by atoms with Crippen LogP contribution in [0.1, 0.15) is 15.9 Å². The number of likely N-dealkylation sites (N-methyl/N-ethyl adjacent to an activating group) is 1. The van der Waals surface area contributed by atoms with Crippen LogP contribution in [-0.2, 0) is 6.18 Å². The average molecular weight is 366 g/mol. The van der Waals surface area contributed by atoms with Gasteiger partial charge in [0.05, 0.1) is 11.1 Å². The molecule has 1 amide bonds. The molecule has 0 aliphatic carbocycles. The van der Waals surface area contributed by atoms with Gasteiger partial charge in [0.25, 0.3) is 5.91 Å². The molecule has 2 rings (SSSR count). The Morgan fingerprint density at radius 3 is 2.43 bits per heavy atom. The van der Waals surface area contributed by atoms with Crippen LogP contribution in [0.2, 0.25) is 0 Å². The fourth-order valence-corrected chi connectivity index (χ4v) is 2.43. The molecule has 1 aliphatic heterocycles. The average Bonchev–Trinajstić information content (AvgIpc) is 2.40. The van der Waals surface area contributed by atoms with Crippen LogP contribution in [0.3, 0.4) is 0 Å². The summed E-state index contributed by atoms with van der Waals surface area (Å²) in [4.78, 5) is 14.2. The van der Waals surface area contributed by atoms with Gasteiger partial charge in [-0.05, 0) is 25.2 Å². The second-order valence-electron chi connectivity index (χ2n) is 4.92. The maximum Gasteiger partial charge on any atom is 0.417 e. The maximum atomic E-state index is 13.0. The van der Waals surface area contributed by atoms with E-state index in [-0.39, 0.29) is 10.0 Å². The minimum Gasteiger partial charge on any atom is -0.304 e. The number of amides is 1. The number of halogens is 4. The quantitative estimate of drug-likeness (QED) is 0.873. The summed E-state index contributed by atoms with van der Waals surface area (Å²) in [6.45, 7) is 2.68. The third kappa shape index (κ3) is 4.18. The van der Waals surface area contributed by atoms with E-state index in [9.17, 15) is 18.0 Å². The van der Waals surface area contributed by atoms with Gasteiger partial charge in [0, 0.05) is 30.7 Å². The molecular formula is C13H15BrF3N3O. The maximum absolute atomic E-state index is 13.0. The summed E-state index contributed by atoms with van der Waals surface area (Å²) in [5.41, 5.74) is 1.23. The summed E-state index contributed by atoms with van der Waals surface area (Å²) in [5.74, 6) is -0.737. The van der Waals surface area contributed by atoms with E-state index in [4.69, 9.17) is 0 Å². The van der Waals surface area contributed by atoms with Crippen LogP contribution in [0.5, 0.6) is 0 Å². The predicted octanol–water partition coefficient (Wildman–Crippen LogP) is 2.36. The highest BCUT2D eigenvalue weighted by atomic mass is 79.9.